The zero-order chi connectivity index (χ0) is 22.4. The summed E-state index contributed by atoms with van der Waals surface area (Å²) in [6.45, 7) is 5.01. The molecule has 7 nitrogen and oxygen atoms in total. The molecule has 162 valence electrons. The Balaban J connectivity index is 2.56. The molecule has 2 atom stereocenters. The van der Waals surface area contributed by atoms with E-state index >= 15 is 0 Å². The number of aliphatic hydroxyl groups excluding tert-OH is 2. The van der Waals surface area contributed by atoms with E-state index in [2.05, 4.69) is 31.1 Å². The summed E-state index contributed by atoms with van der Waals surface area (Å²) in [5.74, 6) is -2.01. The Morgan fingerprint density at radius 3 is 1.63 bits per heavy atom. The zero-order valence-corrected chi connectivity index (χ0v) is 18.5. The summed E-state index contributed by atoms with van der Waals surface area (Å²) < 4.78 is 0. The number of hydrogen-bond acceptors (Lipinski definition) is 5. The molecule has 0 radical (unpaired) electrons. The van der Waals surface area contributed by atoms with Gasteiger partial charge in [0.15, 0.2) is 8.24 Å². The van der Waals surface area contributed by atoms with Crippen molar-refractivity contribution in [2.75, 3.05) is 13.2 Å². The highest BCUT2D eigenvalue weighted by Gasteiger charge is 2.50. The molecule has 0 aromatic heterocycles. The molecule has 0 unspecified atom stereocenters. The first-order chi connectivity index (χ1) is 14.2. The molecule has 2 rings (SSSR count). The number of amides is 1. The van der Waals surface area contributed by atoms with Crippen molar-refractivity contribution in [2.45, 2.75) is 37.9 Å². The molecule has 2 aromatic rings. The van der Waals surface area contributed by atoms with Crippen molar-refractivity contribution in [3.63, 3.8) is 0 Å². The number of nitrogens with one attached hydrogen (secondary N) is 2. The number of carbonyl (C=O) groups excluding carboxylic acids is 1. The lowest BCUT2D eigenvalue weighted by molar-refractivity contribution is -0.143. The second-order valence-electron chi connectivity index (χ2n) is 8.19. The van der Waals surface area contributed by atoms with E-state index in [0.29, 0.717) is 0 Å². The molecule has 0 aliphatic rings. The molecule has 0 heterocycles. The van der Waals surface area contributed by atoms with Gasteiger partial charge in [0.1, 0.15) is 12.1 Å². The van der Waals surface area contributed by atoms with Crippen molar-refractivity contribution in [1.82, 2.24) is 10.3 Å². The highest BCUT2D eigenvalue weighted by Crippen LogP contribution is 2.34. The van der Waals surface area contributed by atoms with Gasteiger partial charge in [-0.25, -0.2) is 4.79 Å². The minimum atomic E-state index is -2.87. The summed E-state index contributed by atoms with van der Waals surface area (Å²) in [6.07, 6.45) is 0. The van der Waals surface area contributed by atoms with Crippen LogP contribution in [0.15, 0.2) is 60.7 Å². The summed E-state index contributed by atoms with van der Waals surface area (Å²) in [5.41, 5.74) is 0. The van der Waals surface area contributed by atoms with Crippen LogP contribution in [-0.2, 0) is 9.59 Å². The van der Waals surface area contributed by atoms with Gasteiger partial charge in [-0.1, -0.05) is 81.4 Å². The van der Waals surface area contributed by atoms with Crippen LogP contribution < -0.4 is 20.7 Å². The maximum Gasteiger partial charge on any atom is 0.328 e. The molecule has 0 fully saturated rings. The van der Waals surface area contributed by atoms with E-state index in [9.17, 15) is 19.8 Å². The van der Waals surface area contributed by atoms with E-state index < -0.39 is 45.4 Å². The van der Waals surface area contributed by atoms with Crippen LogP contribution in [0.3, 0.4) is 0 Å². The van der Waals surface area contributed by atoms with Gasteiger partial charge in [0.25, 0.3) is 0 Å². The van der Waals surface area contributed by atoms with Crippen molar-refractivity contribution >= 4 is 30.5 Å². The molecular weight excluding hydrogens is 400 g/mol. The van der Waals surface area contributed by atoms with Crippen LogP contribution in [0.1, 0.15) is 20.8 Å². The monoisotopic (exact) mass is 430 g/mol. The zero-order valence-electron chi connectivity index (χ0n) is 17.5. The Bertz CT molecular complexity index is 800. The number of rotatable bonds is 9. The lowest BCUT2D eigenvalue weighted by Gasteiger charge is -2.46. The predicted molar refractivity (Wildman–Crippen MR) is 118 cm³/mol. The molecule has 0 aliphatic heterocycles. The first kappa shape index (κ1) is 23.8. The fourth-order valence-corrected chi connectivity index (χ4v) is 8.67. The number of hydrogen-bond donors (Lipinski definition) is 5. The van der Waals surface area contributed by atoms with Crippen molar-refractivity contribution in [2.24, 2.45) is 0 Å². The van der Waals surface area contributed by atoms with Crippen LogP contribution in [0.5, 0.6) is 0 Å². The molecule has 0 aliphatic carbocycles. The highest BCUT2D eigenvalue weighted by molar-refractivity contribution is 7.02. The van der Waals surface area contributed by atoms with Crippen LogP contribution in [0.4, 0.5) is 0 Å². The molecule has 1 amide bonds. The molecule has 8 heteroatoms. The number of carboxylic acid groups (broad SMARTS) is 1. The van der Waals surface area contributed by atoms with Gasteiger partial charge in [0.2, 0.25) is 5.91 Å². The van der Waals surface area contributed by atoms with Crippen molar-refractivity contribution in [3.05, 3.63) is 60.7 Å². The normalized spacial score (nSPS) is 14.0. The Morgan fingerprint density at radius 1 is 0.867 bits per heavy atom. The Labute approximate surface area is 177 Å². The molecule has 5 N–H and O–H groups in total. The highest BCUT2D eigenvalue weighted by atomic mass is 28.3. The number of benzene rings is 2. The van der Waals surface area contributed by atoms with Crippen LogP contribution in [-0.4, -0.2) is 60.7 Å². The second kappa shape index (κ2) is 9.99. The second-order valence-corrected chi connectivity index (χ2v) is 12.6. The van der Waals surface area contributed by atoms with E-state index in [1.165, 1.54) is 0 Å². The fraction of sp³-hybridized carbons (Fsp3) is 0.364. The smallest absolute Gasteiger partial charge is 0.328 e. The van der Waals surface area contributed by atoms with Gasteiger partial charge in [-0.15, -0.1) is 0 Å². The number of carbonyl (C=O) groups is 2. The van der Waals surface area contributed by atoms with E-state index in [-0.39, 0.29) is 5.04 Å². The lowest BCUT2D eigenvalue weighted by atomic mass is 10.2. The molecule has 0 spiro atoms. The van der Waals surface area contributed by atoms with Gasteiger partial charge < -0.3 is 25.6 Å². The SMILES string of the molecule is CC(C)(C)[Si](N[C@@H](CO)C(=O)N[C@@H](CO)C(=O)O)(c1ccccc1)c1ccccc1. The van der Waals surface area contributed by atoms with Crippen molar-refractivity contribution < 1.29 is 24.9 Å². The van der Waals surface area contributed by atoms with Gasteiger partial charge in [-0.05, 0) is 15.4 Å². The first-order valence-electron chi connectivity index (χ1n) is 9.81. The molecule has 30 heavy (non-hydrogen) atoms. The van der Waals surface area contributed by atoms with Gasteiger partial charge in [-0.2, -0.15) is 0 Å². The lowest BCUT2D eigenvalue weighted by Crippen LogP contribution is -2.77. The standard InChI is InChI=1S/C22H30N2O5Si/c1-22(2,3)30(16-10-6-4-7-11-16,17-12-8-5-9-13-17)24-18(14-25)20(27)23-19(15-26)21(28)29/h4-13,18-19,24-26H,14-15H2,1-3H3,(H,23,27)(H,28,29)/t18-,19-/m0/s1. The van der Waals surface area contributed by atoms with Crippen molar-refractivity contribution in [1.29, 1.82) is 0 Å². The van der Waals surface area contributed by atoms with E-state index in [1.807, 2.05) is 60.7 Å². The topological polar surface area (TPSA) is 119 Å². The molecule has 0 bridgehead atoms. The van der Waals surface area contributed by atoms with Gasteiger partial charge >= 0.3 is 5.97 Å². The maximum absolute atomic E-state index is 12.8. The third-order valence-corrected chi connectivity index (χ3v) is 10.7. The molecule has 2 aromatic carbocycles. The first-order valence-corrected chi connectivity index (χ1v) is 11.8. The van der Waals surface area contributed by atoms with Crippen molar-refractivity contribution in [3.8, 4) is 0 Å². The van der Waals surface area contributed by atoms with Crippen LogP contribution in [0.25, 0.3) is 0 Å². The number of aliphatic hydroxyl groups is 2. The fourth-order valence-electron chi connectivity index (χ4n) is 3.71. The summed E-state index contributed by atoms with van der Waals surface area (Å²) in [4.78, 5) is 27.5. The minimum absolute atomic E-state index is 0.313. The van der Waals surface area contributed by atoms with E-state index in [4.69, 9.17) is 5.11 Å². The van der Waals surface area contributed by atoms with Crippen LogP contribution >= 0.6 is 0 Å². The summed E-state index contributed by atoms with van der Waals surface area (Å²) in [6, 6.07) is 17.2. The maximum atomic E-state index is 12.8. The third-order valence-electron chi connectivity index (χ3n) is 5.23. The largest absolute Gasteiger partial charge is 0.480 e. The third kappa shape index (κ3) is 4.96. The Morgan fingerprint density at radius 2 is 1.30 bits per heavy atom. The van der Waals surface area contributed by atoms with Gasteiger partial charge in [-0.3, -0.25) is 4.79 Å². The van der Waals surface area contributed by atoms with Crippen LogP contribution in [0, 0.1) is 0 Å². The number of aliphatic carboxylic acids is 1. The van der Waals surface area contributed by atoms with E-state index in [1.54, 1.807) is 0 Å². The summed E-state index contributed by atoms with van der Waals surface area (Å²) in [5, 5.41) is 32.5. The van der Waals surface area contributed by atoms with Gasteiger partial charge in [0.05, 0.1) is 13.2 Å². The number of carboxylic acids is 1. The average molecular weight is 431 g/mol. The van der Waals surface area contributed by atoms with Crippen LogP contribution in [0.2, 0.25) is 5.04 Å². The quantitative estimate of drug-likeness (QED) is 0.359. The molecule has 0 saturated heterocycles. The summed E-state index contributed by atoms with van der Waals surface area (Å²) >= 11 is 0. The minimum Gasteiger partial charge on any atom is -0.480 e. The average Bonchev–Trinajstić information content (AvgIpc) is 2.73. The molecule has 0 saturated carbocycles. The Hall–Kier alpha value is -2.52. The van der Waals surface area contributed by atoms with Gasteiger partial charge in [0, 0.05) is 0 Å². The Kier molecular flexibility index (Phi) is 7.91. The predicted octanol–water partition coefficient (Wildman–Crippen LogP) is 0.0586. The summed E-state index contributed by atoms with van der Waals surface area (Å²) in [7, 11) is -2.87. The van der Waals surface area contributed by atoms with E-state index in [0.717, 1.165) is 10.4 Å². The molecular formula is C22H30N2O5Si.